The molecule has 26 heavy (non-hydrogen) atoms. The first kappa shape index (κ1) is 17.6. The molecule has 1 fully saturated rings. The Morgan fingerprint density at radius 2 is 2.23 bits per heavy atom. The van der Waals surface area contributed by atoms with Crippen molar-refractivity contribution in [3.05, 3.63) is 35.5 Å². The Morgan fingerprint density at radius 3 is 3.00 bits per heavy atom. The van der Waals surface area contributed by atoms with Crippen molar-refractivity contribution in [3.63, 3.8) is 0 Å². The van der Waals surface area contributed by atoms with Gasteiger partial charge in [-0.15, -0.1) is 0 Å². The number of esters is 1. The predicted octanol–water partition coefficient (Wildman–Crippen LogP) is 2.55. The average molecular weight is 356 g/mol. The van der Waals surface area contributed by atoms with Gasteiger partial charge in [0.25, 0.3) is 0 Å². The Kier molecular flexibility index (Phi) is 4.76. The largest absolute Gasteiger partial charge is 0.463 e. The second kappa shape index (κ2) is 7.05. The van der Waals surface area contributed by atoms with Crippen molar-refractivity contribution in [2.24, 2.45) is 5.92 Å². The minimum atomic E-state index is -0.175. The van der Waals surface area contributed by atoms with Gasteiger partial charge >= 0.3 is 5.97 Å². The van der Waals surface area contributed by atoms with Crippen LogP contribution in [0, 0.1) is 5.92 Å². The van der Waals surface area contributed by atoms with Crippen molar-refractivity contribution in [1.29, 1.82) is 0 Å². The number of hydrogen-bond acceptors (Lipinski definition) is 4. The monoisotopic (exact) mass is 356 g/mol. The predicted molar refractivity (Wildman–Crippen MR) is 101 cm³/mol. The van der Waals surface area contributed by atoms with E-state index in [1.807, 2.05) is 0 Å². The topological polar surface area (TPSA) is 54.7 Å². The molecule has 1 N–H and O–H groups in total. The van der Waals surface area contributed by atoms with Gasteiger partial charge in [-0.2, -0.15) is 0 Å². The van der Waals surface area contributed by atoms with Crippen molar-refractivity contribution >= 4 is 16.9 Å². The maximum atomic E-state index is 12.4. The quantitative estimate of drug-likeness (QED) is 0.837. The van der Waals surface area contributed by atoms with Crippen molar-refractivity contribution in [3.8, 4) is 0 Å². The van der Waals surface area contributed by atoms with Gasteiger partial charge in [0.2, 0.25) is 0 Å². The molecule has 0 bridgehead atoms. The summed E-state index contributed by atoms with van der Waals surface area (Å²) in [6.45, 7) is 3.96. The summed E-state index contributed by atoms with van der Waals surface area (Å²) in [5.74, 6) is 0.0577. The molecule has 0 saturated carbocycles. The molecule has 3 unspecified atom stereocenters. The van der Waals surface area contributed by atoms with Crippen molar-refractivity contribution < 1.29 is 14.6 Å². The summed E-state index contributed by atoms with van der Waals surface area (Å²) in [4.78, 5) is 14.7. The number of ether oxygens (including phenoxy) is 1. The van der Waals surface area contributed by atoms with Crippen LogP contribution < -0.4 is 0 Å². The third-order valence-corrected chi connectivity index (χ3v) is 6.06. The molecular formula is C21H28N2O3. The van der Waals surface area contributed by atoms with Crippen molar-refractivity contribution in [2.45, 2.75) is 44.7 Å². The molecule has 1 saturated heterocycles. The number of rotatable bonds is 5. The van der Waals surface area contributed by atoms with Gasteiger partial charge in [-0.25, -0.2) is 0 Å². The highest BCUT2D eigenvalue weighted by atomic mass is 16.5. The van der Waals surface area contributed by atoms with Gasteiger partial charge in [0.05, 0.1) is 12.5 Å². The fourth-order valence-corrected chi connectivity index (χ4v) is 4.98. The first-order chi connectivity index (χ1) is 12.6. The van der Waals surface area contributed by atoms with Crippen LogP contribution in [0.25, 0.3) is 10.9 Å². The smallest absolute Gasteiger partial charge is 0.310 e. The zero-order chi connectivity index (χ0) is 18.3. The number of likely N-dealkylation sites (N-methyl/N-ethyl adjacent to an activating group) is 1. The standard InChI is InChI=1S/C21H28N2O3/c1-3-7-23-13-14-11-19-17(16-5-4-6-18(23)20(14)16)10-15(12-22(19)2)21(25)26-9-8-24/h4-6,13,15,17,19,24H,3,7-12H2,1-2H3. The maximum Gasteiger partial charge on any atom is 0.310 e. The lowest BCUT2D eigenvalue weighted by molar-refractivity contribution is -0.152. The first-order valence-electron chi connectivity index (χ1n) is 9.72. The van der Waals surface area contributed by atoms with E-state index in [4.69, 9.17) is 9.84 Å². The minimum Gasteiger partial charge on any atom is -0.463 e. The number of fused-ring (bicyclic) bond motifs is 2. The van der Waals surface area contributed by atoms with Gasteiger partial charge in [0.15, 0.2) is 0 Å². The van der Waals surface area contributed by atoms with Crippen LogP contribution in [0.3, 0.4) is 0 Å². The van der Waals surface area contributed by atoms with Crippen LogP contribution in [-0.4, -0.2) is 53.4 Å². The van der Waals surface area contributed by atoms with E-state index in [-0.39, 0.29) is 25.1 Å². The van der Waals surface area contributed by atoms with E-state index in [1.54, 1.807) is 0 Å². The second-order valence-electron chi connectivity index (χ2n) is 7.73. The van der Waals surface area contributed by atoms with Gasteiger partial charge in [-0.3, -0.25) is 4.79 Å². The fraction of sp³-hybridized carbons (Fsp3) is 0.571. The Labute approximate surface area is 154 Å². The van der Waals surface area contributed by atoms with Gasteiger partial charge in [0.1, 0.15) is 6.61 Å². The highest BCUT2D eigenvalue weighted by Gasteiger charge is 2.42. The molecule has 140 valence electrons. The summed E-state index contributed by atoms with van der Waals surface area (Å²) in [6.07, 6.45) is 5.34. The van der Waals surface area contributed by atoms with Crippen LogP contribution in [0.5, 0.6) is 0 Å². The fourth-order valence-electron chi connectivity index (χ4n) is 4.98. The number of carbonyl (C=O) groups is 1. The van der Waals surface area contributed by atoms with Crippen LogP contribution in [0.15, 0.2) is 24.4 Å². The van der Waals surface area contributed by atoms with E-state index >= 15 is 0 Å². The van der Waals surface area contributed by atoms with Crippen molar-refractivity contribution in [1.82, 2.24) is 9.47 Å². The lowest BCUT2D eigenvalue weighted by atomic mass is 9.72. The molecule has 3 atom stereocenters. The SMILES string of the molecule is CCCn1cc2c3c(cccc31)C1CC(C(=O)OCCO)CN(C)C1C2. The Bertz CT molecular complexity index is 813. The van der Waals surface area contributed by atoms with Crippen LogP contribution in [0.4, 0.5) is 0 Å². The number of likely N-dealkylation sites (tertiary alicyclic amines) is 1. The molecule has 2 aromatic rings. The molecule has 0 radical (unpaired) electrons. The van der Waals surface area contributed by atoms with E-state index in [9.17, 15) is 4.79 Å². The number of aliphatic hydroxyl groups is 1. The number of aliphatic hydroxyl groups excluding tert-OH is 1. The number of piperidine rings is 1. The average Bonchev–Trinajstić information content (AvgIpc) is 3.00. The molecule has 4 rings (SSSR count). The van der Waals surface area contributed by atoms with E-state index in [2.05, 4.69) is 47.8 Å². The molecule has 1 aromatic carbocycles. The van der Waals surface area contributed by atoms with Crippen LogP contribution in [-0.2, 0) is 22.5 Å². The summed E-state index contributed by atoms with van der Waals surface area (Å²) in [7, 11) is 2.12. The molecule has 0 amide bonds. The zero-order valence-electron chi connectivity index (χ0n) is 15.6. The Hall–Kier alpha value is -1.85. The summed E-state index contributed by atoms with van der Waals surface area (Å²) in [5, 5.41) is 10.3. The summed E-state index contributed by atoms with van der Waals surface area (Å²) < 4.78 is 7.61. The first-order valence-corrected chi connectivity index (χ1v) is 9.72. The zero-order valence-corrected chi connectivity index (χ0v) is 15.6. The molecule has 2 aliphatic rings. The number of hydrogen-bond donors (Lipinski definition) is 1. The highest BCUT2D eigenvalue weighted by Crippen LogP contribution is 2.45. The Balaban J connectivity index is 1.69. The molecular weight excluding hydrogens is 328 g/mol. The molecule has 1 aliphatic carbocycles. The highest BCUT2D eigenvalue weighted by molar-refractivity contribution is 5.89. The number of carbonyl (C=O) groups excluding carboxylic acids is 1. The maximum absolute atomic E-state index is 12.4. The number of benzene rings is 1. The van der Waals surface area contributed by atoms with E-state index in [1.165, 1.54) is 22.0 Å². The molecule has 1 aromatic heterocycles. The Morgan fingerprint density at radius 1 is 1.38 bits per heavy atom. The van der Waals surface area contributed by atoms with Gasteiger partial charge in [-0.05, 0) is 43.5 Å². The van der Waals surface area contributed by atoms with Gasteiger partial charge < -0.3 is 19.3 Å². The molecule has 5 heteroatoms. The number of nitrogens with zero attached hydrogens (tertiary/aromatic N) is 2. The van der Waals surface area contributed by atoms with Crippen molar-refractivity contribution in [2.75, 3.05) is 26.8 Å². The van der Waals surface area contributed by atoms with Crippen LogP contribution in [0.2, 0.25) is 0 Å². The number of aromatic nitrogens is 1. The molecule has 0 spiro atoms. The van der Waals surface area contributed by atoms with Crippen LogP contribution in [0.1, 0.15) is 36.8 Å². The third kappa shape index (κ3) is 2.83. The van der Waals surface area contributed by atoms with Gasteiger partial charge in [-0.1, -0.05) is 19.1 Å². The van der Waals surface area contributed by atoms with Crippen LogP contribution >= 0.6 is 0 Å². The summed E-state index contributed by atoms with van der Waals surface area (Å²) >= 11 is 0. The normalized spacial score (nSPS) is 25.3. The lowest BCUT2D eigenvalue weighted by Gasteiger charge is -2.44. The third-order valence-electron chi connectivity index (χ3n) is 6.06. The lowest BCUT2D eigenvalue weighted by Crippen LogP contribution is -2.49. The number of aryl methyl sites for hydroxylation is 1. The molecule has 5 nitrogen and oxygen atoms in total. The second-order valence-corrected chi connectivity index (χ2v) is 7.73. The molecule has 2 heterocycles. The summed E-state index contributed by atoms with van der Waals surface area (Å²) in [6, 6.07) is 7.06. The summed E-state index contributed by atoms with van der Waals surface area (Å²) in [5.41, 5.74) is 4.15. The van der Waals surface area contributed by atoms with E-state index < -0.39 is 0 Å². The van der Waals surface area contributed by atoms with E-state index in [0.29, 0.717) is 12.0 Å². The van der Waals surface area contributed by atoms with E-state index in [0.717, 1.165) is 32.4 Å². The molecule has 1 aliphatic heterocycles. The van der Waals surface area contributed by atoms with Gasteiger partial charge in [0, 0.05) is 42.1 Å². The minimum absolute atomic E-state index is 0.0900.